The Morgan fingerprint density at radius 1 is 0.812 bits per heavy atom. The van der Waals surface area contributed by atoms with E-state index in [-0.39, 0.29) is 6.10 Å². The highest BCUT2D eigenvalue weighted by atomic mass is 16.3. The minimum Gasteiger partial charge on any atom is -0.392 e. The molecule has 0 unspecified atom stereocenters. The lowest BCUT2D eigenvalue weighted by molar-refractivity contribution is -0.0659. The number of hydrogen-bond donors (Lipinski definition) is 1. The first-order valence-corrected chi connectivity index (χ1v) is 7.28. The van der Waals surface area contributed by atoms with E-state index in [1.54, 1.807) is 0 Å². The largest absolute Gasteiger partial charge is 0.392 e. The number of fused-ring (bicyclic) bond motifs is 2. The van der Waals surface area contributed by atoms with Crippen LogP contribution in [0.1, 0.15) is 51.4 Å². The van der Waals surface area contributed by atoms with Crippen molar-refractivity contribution in [3.05, 3.63) is 0 Å². The summed E-state index contributed by atoms with van der Waals surface area (Å²) in [5.41, 5.74) is 0. The van der Waals surface area contributed by atoms with Crippen LogP contribution in [0.2, 0.25) is 0 Å². The maximum atomic E-state index is 10.4. The quantitative estimate of drug-likeness (QED) is 0.738. The molecule has 3 fully saturated rings. The molecule has 0 aromatic heterocycles. The van der Waals surface area contributed by atoms with Crippen molar-refractivity contribution in [3.8, 4) is 0 Å². The summed E-state index contributed by atoms with van der Waals surface area (Å²) < 4.78 is 0. The van der Waals surface area contributed by atoms with Crippen LogP contribution in [0.3, 0.4) is 0 Å². The molecule has 1 N–H and O–H groups in total. The van der Waals surface area contributed by atoms with Gasteiger partial charge in [-0.3, -0.25) is 0 Å². The van der Waals surface area contributed by atoms with Crippen LogP contribution in [0.5, 0.6) is 0 Å². The van der Waals surface area contributed by atoms with Crippen molar-refractivity contribution in [2.75, 3.05) is 13.1 Å². The van der Waals surface area contributed by atoms with E-state index >= 15 is 0 Å². The first-order valence-electron chi connectivity index (χ1n) is 7.28. The van der Waals surface area contributed by atoms with E-state index in [0.29, 0.717) is 17.9 Å². The fraction of sp³-hybridized carbons (Fsp3) is 1.00. The Morgan fingerprint density at radius 2 is 1.62 bits per heavy atom. The number of aliphatic hydroxyl groups is 1. The van der Waals surface area contributed by atoms with Crippen molar-refractivity contribution in [2.45, 2.75) is 63.5 Å². The standard InChI is InChI=1S/C14H25NO/c16-14-11-5-4-6-12(14)13(8-7-11)15-9-2-1-3-10-15/h11-14,16H,1-10H2/t11-,12+,13-,14+/m0/s1. The third kappa shape index (κ3) is 1.91. The van der Waals surface area contributed by atoms with Gasteiger partial charge in [-0.2, -0.15) is 0 Å². The molecule has 0 aromatic rings. The van der Waals surface area contributed by atoms with Crippen LogP contribution >= 0.6 is 0 Å². The van der Waals surface area contributed by atoms with Crippen LogP contribution < -0.4 is 0 Å². The van der Waals surface area contributed by atoms with Crippen LogP contribution in [0.4, 0.5) is 0 Å². The zero-order valence-electron chi connectivity index (χ0n) is 10.3. The van der Waals surface area contributed by atoms with Gasteiger partial charge >= 0.3 is 0 Å². The average Bonchev–Trinajstić information content (AvgIpc) is 2.30. The molecule has 1 saturated heterocycles. The summed E-state index contributed by atoms with van der Waals surface area (Å²) >= 11 is 0. The molecule has 2 nitrogen and oxygen atoms in total. The second-order valence-corrected chi connectivity index (χ2v) is 6.09. The molecule has 1 heterocycles. The van der Waals surface area contributed by atoms with Gasteiger partial charge < -0.3 is 10.0 Å². The molecule has 0 radical (unpaired) electrons. The van der Waals surface area contributed by atoms with Crippen LogP contribution in [-0.4, -0.2) is 35.2 Å². The third-order valence-corrected chi connectivity index (χ3v) is 5.22. The number of nitrogens with zero attached hydrogens (tertiary/aromatic N) is 1. The van der Waals surface area contributed by atoms with Crippen molar-refractivity contribution >= 4 is 0 Å². The van der Waals surface area contributed by atoms with Gasteiger partial charge in [-0.15, -0.1) is 0 Å². The number of rotatable bonds is 1. The maximum absolute atomic E-state index is 10.4. The molecular weight excluding hydrogens is 198 g/mol. The summed E-state index contributed by atoms with van der Waals surface area (Å²) in [4.78, 5) is 2.69. The molecule has 3 aliphatic rings. The van der Waals surface area contributed by atoms with E-state index in [1.165, 1.54) is 64.5 Å². The molecule has 0 spiro atoms. The summed E-state index contributed by atoms with van der Waals surface area (Å²) in [7, 11) is 0. The molecule has 2 heteroatoms. The van der Waals surface area contributed by atoms with Crippen LogP contribution in [0, 0.1) is 11.8 Å². The lowest BCUT2D eigenvalue weighted by Gasteiger charge is -2.49. The summed E-state index contributed by atoms with van der Waals surface area (Å²) in [5, 5.41) is 10.4. The molecule has 2 bridgehead atoms. The Kier molecular flexibility index (Phi) is 3.21. The van der Waals surface area contributed by atoms with E-state index in [9.17, 15) is 5.11 Å². The van der Waals surface area contributed by atoms with Gasteiger partial charge in [0.25, 0.3) is 0 Å². The molecule has 3 rings (SSSR count). The van der Waals surface area contributed by atoms with E-state index in [0.717, 1.165) is 0 Å². The predicted molar refractivity (Wildman–Crippen MR) is 65.3 cm³/mol. The van der Waals surface area contributed by atoms with E-state index < -0.39 is 0 Å². The fourth-order valence-corrected chi connectivity index (χ4v) is 4.34. The van der Waals surface area contributed by atoms with E-state index in [1.807, 2.05) is 0 Å². The SMILES string of the molecule is O[C@@H]1[C@H]2CCC[C@@H]1[C@@H](N1CCCCC1)CC2. The molecule has 92 valence electrons. The molecule has 2 saturated carbocycles. The number of aliphatic hydroxyl groups excluding tert-OH is 1. The van der Waals surface area contributed by atoms with Gasteiger partial charge in [0.2, 0.25) is 0 Å². The molecule has 16 heavy (non-hydrogen) atoms. The molecule has 0 amide bonds. The molecule has 0 aromatic carbocycles. The lowest BCUT2D eigenvalue weighted by atomic mass is 9.67. The second-order valence-electron chi connectivity index (χ2n) is 6.09. The number of likely N-dealkylation sites (tertiary alicyclic amines) is 1. The van der Waals surface area contributed by atoms with Crippen LogP contribution in [0.15, 0.2) is 0 Å². The van der Waals surface area contributed by atoms with Gasteiger partial charge in [0.15, 0.2) is 0 Å². The first-order chi connectivity index (χ1) is 7.86. The highest BCUT2D eigenvalue weighted by Gasteiger charge is 2.42. The zero-order valence-corrected chi connectivity index (χ0v) is 10.3. The summed E-state index contributed by atoms with van der Waals surface area (Å²) in [5.74, 6) is 1.24. The molecule has 4 atom stereocenters. The number of piperidine rings is 1. The van der Waals surface area contributed by atoms with Crippen LogP contribution in [0.25, 0.3) is 0 Å². The Labute approximate surface area is 99.0 Å². The van der Waals surface area contributed by atoms with Gasteiger partial charge in [0.05, 0.1) is 6.10 Å². The Bertz CT molecular complexity index is 237. The minimum absolute atomic E-state index is 0.0226. The van der Waals surface area contributed by atoms with Gasteiger partial charge in [-0.05, 0) is 57.5 Å². The zero-order chi connectivity index (χ0) is 11.0. The van der Waals surface area contributed by atoms with Crippen molar-refractivity contribution in [1.82, 2.24) is 4.90 Å². The first kappa shape index (κ1) is 11.0. The molecular formula is C14H25NO. The van der Waals surface area contributed by atoms with Crippen molar-refractivity contribution in [3.63, 3.8) is 0 Å². The average molecular weight is 223 g/mol. The highest BCUT2D eigenvalue weighted by molar-refractivity contribution is 4.95. The second kappa shape index (κ2) is 4.66. The van der Waals surface area contributed by atoms with E-state index in [2.05, 4.69) is 4.90 Å². The van der Waals surface area contributed by atoms with Gasteiger partial charge in [0.1, 0.15) is 0 Å². The Hall–Kier alpha value is -0.0800. The smallest absolute Gasteiger partial charge is 0.0611 e. The van der Waals surface area contributed by atoms with Gasteiger partial charge in [-0.25, -0.2) is 0 Å². The lowest BCUT2D eigenvalue weighted by Crippen LogP contribution is -2.53. The third-order valence-electron chi connectivity index (χ3n) is 5.22. The van der Waals surface area contributed by atoms with Crippen LogP contribution in [-0.2, 0) is 0 Å². The molecule has 1 aliphatic heterocycles. The minimum atomic E-state index is 0.0226. The summed E-state index contributed by atoms with van der Waals surface area (Å²) in [6.07, 6.45) is 10.7. The van der Waals surface area contributed by atoms with Gasteiger partial charge in [0, 0.05) is 12.0 Å². The topological polar surface area (TPSA) is 23.5 Å². The fourth-order valence-electron chi connectivity index (χ4n) is 4.34. The van der Waals surface area contributed by atoms with Crippen molar-refractivity contribution < 1.29 is 5.11 Å². The predicted octanol–water partition coefficient (Wildman–Crippen LogP) is 2.41. The van der Waals surface area contributed by atoms with Crippen molar-refractivity contribution in [1.29, 1.82) is 0 Å². The van der Waals surface area contributed by atoms with Crippen molar-refractivity contribution in [2.24, 2.45) is 11.8 Å². The Morgan fingerprint density at radius 3 is 2.44 bits per heavy atom. The monoisotopic (exact) mass is 223 g/mol. The summed E-state index contributed by atoms with van der Waals surface area (Å²) in [6.45, 7) is 2.58. The van der Waals surface area contributed by atoms with Gasteiger partial charge in [-0.1, -0.05) is 12.8 Å². The summed E-state index contributed by atoms with van der Waals surface area (Å²) in [6, 6.07) is 0.715. The number of hydrogen-bond acceptors (Lipinski definition) is 2. The van der Waals surface area contributed by atoms with E-state index in [4.69, 9.17) is 0 Å². The maximum Gasteiger partial charge on any atom is 0.0611 e. The normalized spacial score (nSPS) is 45.6. The molecule has 2 aliphatic carbocycles. The Balaban J connectivity index is 1.69. The highest BCUT2D eigenvalue weighted by Crippen LogP contribution is 2.42.